The van der Waals surface area contributed by atoms with E-state index in [1.165, 1.54) is 0 Å². The number of ether oxygens (including phenoxy) is 1. The molecule has 0 saturated carbocycles. The number of aliphatic hydroxyl groups excluding tert-OH is 2. The van der Waals surface area contributed by atoms with Crippen LogP contribution in [0.4, 0.5) is 0 Å². The van der Waals surface area contributed by atoms with Gasteiger partial charge in [0, 0.05) is 11.3 Å². The van der Waals surface area contributed by atoms with Crippen molar-refractivity contribution in [1.82, 2.24) is 4.98 Å². The second-order valence-electron chi connectivity index (χ2n) is 11.8. The average Bonchev–Trinajstić information content (AvgIpc) is 3.31. The Kier molecular flexibility index (Phi) is 11.9. The standard InChI is InChI=1S/C29H47NO5S2/c1-9-29(7)13-10-11-18(2)25(33)20(4)26(34)28(5,6)23(31)16-24(32)35-22(12-14-29)19(3)15-21-17-37-27(30-21)36-8/h15,17-18,20,22-23,25,31,33H,9-14,16H2,1-8H3/b19-15+/t18-,20+,22-,23-,25-,29?/m0/s1. The van der Waals surface area contributed by atoms with Crippen molar-refractivity contribution in [3.63, 3.8) is 0 Å². The summed E-state index contributed by atoms with van der Waals surface area (Å²) in [6.45, 7) is 13.4. The Labute approximate surface area is 231 Å². The van der Waals surface area contributed by atoms with E-state index in [0.29, 0.717) is 6.42 Å². The number of carbonyl (C=O) groups is 2. The van der Waals surface area contributed by atoms with Crippen molar-refractivity contribution in [2.24, 2.45) is 22.7 Å². The molecule has 0 amide bonds. The predicted molar refractivity (Wildman–Crippen MR) is 153 cm³/mol. The molecule has 1 unspecified atom stereocenters. The highest BCUT2D eigenvalue weighted by Gasteiger charge is 2.42. The highest BCUT2D eigenvalue weighted by atomic mass is 32.2. The van der Waals surface area contributed by atoms with Crippen LogP contribution < -0.4 is 0 Å². The van der Waals surface area contributed by atoms with E-state index in [-0.39, 0.29) is 23.5 Å². The quantitative estimate of drug-likeness (QED) is 0.323. The predicted octanol–water partition coefficient (Wildman–Crippen LogP) is 6.54. The molecule has 0 spiro atoms. The summed E-state index contributed by atoms with van der Waals surface area (Å²) >= 11 is 3.19. The van der Waals surface area contributed by atoms with Crippen LogP contribution in [-0.2, 0) is 14.3 Å². The summed E-state index contributed by atoms with van der Waals surface area (Å²) in [4.78, 5) is 30.9. The van der Waals surface area contributed by atoms with Crippen molar-refractivity contribution in [2.75, 3.05) is 6.26 Å². The number of hydrogen-bond donors (Lipinski definition) is 2. The zero-order valence-electron chi connectivity index (χ0n) is 23.9. The molecular weight excluding hydrogens is 506 g/mol. The zero-order valence-corrected chi connectivity index (χ0v) is 25.5. The average molecular weight is 554 g/mol. The number of Topliss-reactive ketones (excluding diaryl/α,β-unsaturated/α-hetero) is 1. The van der Waals surface area contributed by atoms with Crippen molar-refractivity contribution in [3.8, 4) is 0 Å². The van der Waals surface area contributed by atoms with Gasteiger partial charge in [0.1, 0.15) is 16.2 Å². The Morgan fingerprint density at radius 1 is 1.22 bits per heavy atom. The molecule has 0 aliphatic carbocycles. The van der Waals surface area contributed by atoms with Crippen LogP contribution >= 0.6 is 23.1 Å². The highest BCUT2D eigenvalue weighted by molar-refractivity contribution is 8.00. The van der Waals surface area contributed by atoms with Gasteiger partial charge in [0.2, 0.25) is 0 Å². The number of cyclic esters (lactones) is 1. The van der Waals surface area contributed by atoms with Gasteiger partial charge in [-0.3, -0.25) is 9.59 Å². The van der Waals surface area contributed by atoms with Crippen LogP contribution in [0, 0.1) is 22.7 Å². The first-order valence-electron chi connectivity index (χ1n) is 13.5. The van der Waals surface area contributed by atoms with Gasteiger partial charge in [-0.1, -0.05) is 66.1 Å². The molecule has 1 aromatic rings. The van der Waals surface area contributed by atoms with E-state index in [1.807, 2.05) is 31.6 Å². The first-order valence-corrected chi connectivity index (χ1v) is 15.6. The number of aromatic nitrogens is 1. The third-order valence-corrected chi connectivity index (χ3v) is 10.4. The molecule has 0 bridgehead atoms. The van der Waals surface area contributed by atoms with Crippen molar-refractivity contribution in [3.05, 3.63) is 16.6 Å². The van der Waals surface area contributed by atoms with E-state index in [2.05, 4.69) is 18.8 Å². The topological polar surface area (TPSA) is 96.7 Å². The van der Waals surface area contributed by atoms with Crippen LogP contribution in [0.15, 0.2) is 15.3 Å². The van der Waals surface area contributed by atoms with Crippen LogP contribution in [0.2, 0.25) is 0 Å². The molecule has 2 rings (SSSR count). The largest absolute Gasteiger partial charge is 0.458 e. The lowest BCUT2D eigenvalue weighted by Gasteiger charge is -2.35. The lowest BCUT2D eigenvalue weighted by molar-refractivity contribution is -0.154. The molecule has 1 aromatic heterocycles. The number of ketones is 1. The maximum atomic E-state index is 13.3. The van der Waals surface area contributed by atoms with Crippen LogP contribution in [0.3, 0.4) is 0 Å². The molecule has 210 valence electrons. The number of thioether (sulfide) groups is 1. The third kappa shape index (κ3) is 8.64. The summed E-state index contributed by atoms with van der Waals surface area (Å²) in [7, 11) is 0. The fourth-order valence-electron chi connectivity index (χ4n) is 5.13. The van der Waals surface area contributed by atoms with Gasteiger partial charge in [-0.25, -0.2) is 4.98 Å². The van der Waals surface area contributed by atoms with Crippen molar-refractivity contribution < 1.29 is 24.5 Å². The van der Waals surface area contributed by atoms with Gasteiger partial charge < -0.3 is 14.9 Å². The van der Waals surface area contributed by atoms with Crippen LogP contribution in [-0.4, -0.2) is 51.5 Å². The molecule has 6 nitrogen and oxygen atoms in total. The molecular formula is C29H47NO5S2. The Morgan fingerprint density at radius 3 is 2.49 bits per heavy atom. The summed E-state index contributed by atoms with van der Waals surface area (Å²) < 4.78 is 6.95. The second kappa shape index (κ2) is 13.7. The minimum atomic E-state index is -1.21. The minimum Gasteiger partial charge on any atom is -0.458 e. The van der Waals surface area contributed by atoms with Gasteiger partial charge in [0.15, 0.2) is 0 Å². The molecule has 0 aromatic carbocycles. The first kappa shape index (κ1) is 32.0. The lowest BCUT2D eigenvalue weighted by atomic mass is 9.72. The minimum absolute atomic E-state index is 0.0342. The van der Waals surface area contributed by atoms with E-state index >= 15 is 0 Å². The molecule has 0 radical (unpaired) electrons. The highest BCUT2D eigenvalue weighted by Crippen LogP contribution is 2.38. The van der Waals surface area contributed by atoms with Gasteiger partial charge >= 0.3 is 5.97 Å². The summed E-state index contributed by atoms with van der Waals surface area (Å²) in [6.07, 6.45) is 6.60. The van der Waals surface area contributed by atoms with Crippen LogP contribution in [0.5, 0.6) is 0 Å². The van der Waals surface area contributed by atoms with Gasteiger partial charge in [-0.05, 0) is 61.8 Å². The number of nitrogens with zero attached hydrogens (tertiary/aromatic N) is 1. The fraction of sp³-hybridized carbons (Fsp3) is 0.759. The number of hydrogen-bond acceptors (Lipinski definition) is 8. The number of carbonyl (C=O) groups excluding carboxylic acids is 2. The van der Waals surface area contributed by atoms with Gasteiger partial charge in [-0.2, -0.15) is 0 Å². The zero-order chi connectivity index (χ0) is 28.0. The van der Waals surface area contributed by atoms with Crippen molar-refractivity contribution >= 4 is 40.9 Å². The Morgan fingerprint density at radius 2 is 1.89 bits per heavy atom. The van der Waals surface area contributed by atoms with Gasteiger partial charge in [0.05, 0.1) is 29.7 Å². The molecule has 8 heteroatoms. The third-order valence-electron chi connectivity index (χ3n) is 8.47. The van der Waals surface area contributed by atoms with Crippen molar-refractivity contribution in [1.29, 1.82) is 0 Å². The molecule has 37 heavy (non-hydrogen) atoms. The lowest BCUT2D eigenvalue weighted by Crippen LogP contribution is -2.45. The smallest absolute Gasteiger partial charge is 0.309 e. The van der Waals surface area contributed by atoms with E-state index in [4.69, 9.17) is 4.74 Å². The Hall–Kier alpha value is -1.22. The molecule has 1 aliphatic rings. The van der Waals surface area contributed by atoms with E-state index in [9.17, 15) is 19.8 Å². The molecule has 6 atom stereocenters. The van der Waals surface area contributed by atoms with Crippen LogP contribution in [0.1, 0.15) is 99.1 Å². The van der Waals surface area contributed by atoms with E-state index in [0.717, 1.165) is 47.7 Å². The van der Waals surface area contributed by atoms with Gasteiger partial charge in [0.25, 0.3) is 0 Å². The summed E-state index contributed by atoms with van der Waals surface area (Å²) in [5, 5.41) is 23.9. The summed E-state index contributed by atoms with van der Waals surface area (Å²) in [5.41, 5.74) is 0.650. The van der Waals surface area contributed by atoms with E-state index < -0.39 is 35.6 Å². The maximum Gasteiger partial charge on any atom is 0.309 e. The number of esters is 1. The SMILES string of the molecule is CCC1(C)CCC[C@H](C)[C@H](O)[C@@H](C)C(=O)C(C)(C)[C@@H](O)CC(=O)O[C@H](/C(C)=C/c2csc(SC)n2)CC1. The van der Waals surface area contributed by atoms with Crippen molar-refractivity contribution in [2.45, 2.75) is 116 Å². The van der Waals surface area contributed by atoms with E-state index in [1.54, 1.807) is 43.9 Å². The Balaban J connectivity index is 2.36. The number of rotatable bonds is 4. The monoisotopic (exact) mass is 553 g/mol. The number of thiazole rings is 1. The Bertz CT molecular complexity index is 942. The molecule has 1 fully saturated rings. The fourth-order valence-corrected chi connectivity index (χ4v) is 6.36. The van der Waals surface area contributed by atoms with Crippen LogP contribution in [0.25, 0.3) is 6.08 Å². The summed E-state index contributed by atoms with van der Waals surface area (Å²) in [6, 6.07) is 0. The molecule has 1 saturated heterocycles. The first-order chi connectivity index (χ1) is 17.2. The molecule has 2 N–H and O–H groups in total. The maximum absolute atomic E-state index is 13.3. The number of aliphatic hydroxyl groups is 2. The molecule has 1 aliphatic heterocycles. The second-order valence-corrected chi connectivity index (χ2v) is 13.7. The molecule has 2 heterocycles. The summed E-state index contributed by atoms with van der Waals surface area (Å²) in [5.74, 6) is -1.43. The normalized spacial score (nSPS) is 33.2. The van der Waals surface area contributed by atoms with Gasteiger partial charge in [-0.15, -0.1) is 11.3 Å².